The van der Waals surface area contributed by atoms with E-state index in [1.807, 2.05) is 32.0 Å². The molecule has 0 spiro atoms. The second-order valence-corrected chi connectivity index (χ2v) is 4.34. The van der Waals surface area contributed by atoms with Crippen LogP contribution in [-0.4, -0.2) is 13.3 Å². The summed E-state index contributed by atoms with van der Waals surface area (Å²) in [7, 11) is 0. The largest absolute Gasteiger partial charge is 0.493 e. The quantitative estimate of drug-likeness (QED) is 0.770. The third-order valence-corrected chi connectivity index (χ3v) is 2.95. The van der Waals surface area contributed by atoms with Gasteiger partial charge in [-0.05, 0) is 47.2 Å². The zero-order valence-electron chi connectivity index (χ0n) is 8.39. The lowest BCUT2D eigenvalue weighted by molar-refractivity contribution is 0.337. The second kappa shape index (κ2) is 5.53. The van der Waals surface area contributed by atoms with Gasteiger partial charge in [-0.2, -0.15) is 0 Å². The Hall–Kier alpha value is -0.320. The fourth-order valence-corrected chi connectivity index (χ4v) is 1.67. The highest BCUT2D eigenvalue weighted by molar-refractivity contribution is 14.1. The Labute approximate surface area is 97.8 Å². The highest BCUT2D eigenvalue weighted by Crippen LogP contribution is 2.26. The van der Waals surface area contributed by atoms with Crippen LogP contribution in [0.5, 0.6) is 5.75 Å². The van der Waals surface area contributed by atoms with E-state index in [1.54, 1.807) is 0 Å². The van der Waals surface area contributed by atoms with Crippen molar-refractivity contribution in [2.75, 3.05) is 13.3 Å². The first-order valence-electron chi connectivity index (χ1n) is 4.67. The van der Waals surface area contributed by atoms with E-state index in [9.17, 15) is 4.39 Å². The van der Waals surface area contributed by atoms with Crippen LogP contribution in [0.1, 0.15) is 25.3 Å². The van der Waals surface area contributed by atoms with Gasteiger partial charge in [-0.25, -0.2) is 0 Å². The van der Waals surface area contributed by atoms with E-state index in [-0.39, 0.29) is 12.6 Å². The summed E-state index contributed by atoms with van der Waals surface area (Å²) in [5, 5.41) is 0. The first-order valence-corrected chi connectivity index (χ1v) is 5.75. The maximum Gasteiger partial charge on any atom is 0.132 e. The van der Waals surface area contributed by atoms with Crippen LogP contribution < -0.4 is 4.74 Å². The van der Waals surface area contributed by atoms with E-state index in [0.29, 0.717) is 6.61 Å². The Morgan fingerprint density at radius 1 is 1.50 bits per heavy atom. The number of benzene rings is 1. The molecule has 0 amide bonds. The number of alkyl halides is 1. The topological polar surface area (TPSA) is 9.23 Å². The Bertz CT molecular complexity index is 301. The van der Waals surface area contributed by atoms with E-state index in [2.05, 4.69) is 22.6 Å². The first kappa shape index (κ1) is 11.8. The Balaban J connectivity index is 2.93. The molecule has 0 saturated heterocycles. The molecule has 0 aliphatic heterocycles. The summed E-state index contributed by atoms with van der Waals surface area (Å²) < 4.78 is 19.0. The minimum absolute atomic E-state index is 0.0498. The van der Waals surface area contributed by atoms with Crippen molar-refractivity contribution in [3.8, 4) is 5.75 Å². The molecule has 14 heavy (non-hydrogen) atoms. The SMILES string of the molecule is CCOc1cc(C(C)CF)ccc1I. The van der Waals surface area contributed by atoms with E-state index in [4.69, 9.17) is 4.74 Å². The van der Waals surface area contributed by atoms with Gasteiger partial charge < -0.3 is 4.74 Å². The second-order valence-electron chi connectivity index (χ2n) is 3.18. The van der Waals surface area contributed by atoms with Crippen molar-refractivity contribution in [3.63, 3.8) is 0 Å². The number of hydrogen-bond donors (Lipinski definition) is 0. The standard InChI is InChI=1S/C11H14FIO/c1-3-14-11-6-9(8(2)7-12)4-5-10(11)13/h4-6,8H,3,7H2,1-2H3. The molecule has 0 radical (unpaired) electrons. The minimum atomic E-state index is -0.327. The molecule has 0 saturated carbocycles. The molecule has 0 aliphatic carbocycles. The van der Waals surface area contributed by atoms with Crippen LogP contribution in [0.3, 0.4) is 0 Å². The molecule has 0 aliphatic rings. The van der Waals surface area contributed by atoms with Gasteiger partial charge in [0.2, 0.25) is 0 Å². The van der Waals surface area contributed by atoms with Crippen LogP contribution in [0.25, 0.3) is 0 Å². The van der Waals surface area contributed by atoms with Gasteiger partial charge >= 0.3 is 0 Å². The van der Waals surface area contributed by atoms with Gasteiger partial charge in [0, 0.05) is 5.92 Å². The molecule has 0 N–H and O–H groups in total. The molecular formula is C11H14FIO. The number of hydrogen-bond acceptors (Lipinski definition) is 1. The molecule has 1 atom stereocenters. The van der Waals surface area contributed by atoms with Crippen molar-refractivity contribution in [1.82, 2.24) is 0 Å². The fraction of sp³-hybridized carbons (Fsp3) is 0.455. The Morgan fingerprint density at radius 2 is 2.21 bits per heavy atom. The smallest absolute Gasteiger partial charge is 0.132 e. The monoisotopic (exact) mass is 308 g/mol. The van der Waals surface area contributed by atoms with Crippen molar-refractivity contribution in [3.05, 3.63) is 27.3 Å². The lowest BCUT2D eigenvalue weighted by Gasteiger charge is -2.11. The summed E-state index contributed by atoms with van der Waals surface area (Å²) in [4.78, 5) is 0. The molecule has 1 unspecified atom stereocenters. The van der Waals surface area contributed by atoms with Crippen molar-refractivity contribution >= 4 is 22.6 Å². The summed E-state index contributed by atoms with van der Waals surface area (Å²) in [6.45, 7) is 4.13. The van der Waals surface area contributed by atoms with Crippen molar-refractivity contribution < 1.29 is 9.13 Å². The van der Waals surface area contributed by atoms with Crippen molar-refractivity contribution in [1.29, 1.82) is 0 Å². The maximum atomic E-state index is 12.4. The predicted octanol–water partition coefficient (Wildman–Crippen LogP) is 3.76. The number of ether oxygens (including phenoxy) is 1. The zero-order chi connectivity index (χ0) is 10.6. The molecule has 0 aromatic heterocycles. The first-order chi connectivity index (χ1) is 6.69. The average molecular weight is 308 g/mol. The maximum absolute atomic E-state index is 12.4. The van der Waals surface area contributed by atoms with E-state index in [1.165, 1.54) is 0 Å². The van der Waals surface area contributed by atoms with Crippen LogP contribution >= 0.6 is 22.6 Å². The summed E-state index contributed by atoms with van der Waals surface area (Å²) in [6, 6.07) is 5.84. The van der Waals surface area contributed by atoms with Gasteiger partial charge in [0.05, 0.1) is 16.9 Å². The molecule has 3 heteroatoms. The predicted molar refractivity (Wildman–Crippen MR) is 64.7 cm³/mol. The van der Waals surface area contributed by atoms with Crippen molar-refractivity contribution in [2.45, 2.75) is 19.8 Å². The molecule has 0 heterocycles. The molecule has 78 valence electrons. The molecular weight excluding hydrogens is 294 g/mol. The van der Waals surface area contributed by atoms with E-state index < -0.39 is 0 Å². The third kappa shape index (κ3) is 2.83. The molecule has 1 aromatic rings. The van der Waals surface area contributed by atoms with Crippen LogP contribution in [0.4, 0.5) is 4.39 Å². The molecule has 0 fully saturated rings. The van der Waals surface area contributed by atoms with Gasteiger partial charge in [-0.1, -0.05) is 13.0 Å². The normalized spacial score (nSPS) is 12.6. The molecule has 1 nitrogen and oxygen atoms in total. The van der Waals surface area contributed by atoms with Gasteiger partial charge in [-0.3, -0.25) is 4.39 Å². The van der Waals surface area contributed by atoms with E-state index in [0.717, 1.165) is 14.9 Å². The molecule has 1 aromatic carbocycles. The molecule has 1 rings (SSSR count). The van der Waals surface area contributed by atoms with Crippen LogP contribution in [0.15, 0.2) is 18.2 Å². The zero-order valence-corrected chi connectivity index (χ0v) is 10.5. The summed E-state index contributed by atoms with van der Waals surface area (Å²) >= 11 is 2.22. The summed E-state index contributed by atoms with van der Waals surface area (Å²) in [5.41, 5.74) is 0.997. The lowest BCUT2D eigenvalue weighted by Crippen LogP contribution is -1.99. The number of rotatable bonds is 4. The Morgan fingerprint density at radius 3 is 2.79 bits per heavy atom. The van der Waals surface area contributed by atoms with E-state index >= 15 is 0 Å². The fourth-order valence-electron chi connectivity index (χ4n) is 1.18. The van der Waals surface area contributed by atoms with Gasteiger partial charge in [-0.15, -0.1) is 0 Å². The van der Waals surface area contributed by atoms with Crippen molar-refractivity contribution in [2.24, 2.45) is 0 Å². The minimum Gasteiger partial charge on any atom is -0.493 e. The van der Waals surface area contributed by atoms with Gasteiger partial charge in [0.1, 0.15) is 5.75 Å². The van der Waals surface area contributed by atoms with Crippen LogP contribution in [-0.2, 0) is 0 Å². The highest BCUT2D eigenvalue weighted by atomic mass is 127. The summed E-state index contributed by atoms with van der Waals surface area (Å²) in [6.07, 6.45) is 0. The van der Waals surface area contributed by atoms with Gasteiger partial charge in [0.15, 0.2) is 0 Å². The number of halogens is 2. The average Bonchev–Trinajstić information content (AvgIpc) is 2.20. The molecule has 0 bridgehead atoms. The van der Waals surface area contributed by atoms with Crippen LogP contribution in [0, 0.1) is 3.57 Å². The summed E-state index contributed by atoms with van der Waals surface area (Å²) in [5.74, 6) is 0.803. The van der Waals surface area contributed by atoms with Crippen LogP contribution in [0.2, 0.25) is 0 Å². The lowest BCUT2D eigenvalue weighted by atomic mass is 10.0. The Kier molecular flexibility index (Phi) is 4.65. The van der Waals surface area contributed by atoms with Gasteiger partial charge in [0.25, 0.3) is 0 Å². The highest BCUT2D eigenvalue weighted by Gasteiger charge is 2.08. The third-order valence-electron chi connectivity index (χ3n) is 2.06.